The summed E-state index contributed by atoms with van der Waals surface area (Å²) in [6.07, 6.45) is -0.684. The minimum atomic E-state index is -2.93. The van der Waals surface area contributed by atoms with Crippen molar-refractivity contribution in [1.29, 1.82) is 5.26 Å². The van der Waals surface area contributed by atoms with Gasteiger partial charge in [-0.2, -0.15) is 5.26 Å². The molecule has 3 N–H and O–H groups in total. The molecule has 11 heteroatoms. The second-order valence-corrected chi connectivity index (χ2v) is 11.0. The first-order chi connectivity index (χ1) is 18.0. The number of rotatable bonds is 7. The quantitative estimate of drug-likeness (QED) is 0.373. The van der Waals surface area contributed by atoms with E-state index in [0.29, 0.717) is 29.4 Å². The maximum Gasteiger partial charge on any atom is 0.287 e. The summed E-state index contributed by atoms with van der Waals surface area (Å²) in [4.78, 5) is 26.4. The maximum absolute atomic E-state index is 13.9. The molecule has 8 nitrogen and oxygen atoms in total. The Bertz CT molecular complexity index is 1460. The summed E-state index contributed by atoms with van der Waals surface area (Å²) in [5.41, 5.74) is 0.198. The number of nitrogens with zero attached hydrogens (tertiary/aromatic N) is 1. The first-order valence-electron chi connectivity index (χ1n) is 12.2. The molecule has 2 amide bonds. The molecule has 2 aliphatic carbocycles. The lowest BCUT2D eigenvalue weighted by molar-refractivity contribution is -0.133. The van der Waals surface area contributed by atoms with Crippen LogP contribution in [0.1, 0.15) is 54.6 Å². The van der Waals surface area contributed by atoms with Crippen LogP contribution in [-0.4, -0.2) is 37.6 Å². The van der Waals surface area contributed by atoms with Crippen molar-refractivity contribution in [2.75, 3.05) is 0 Å². The highest BCUT2D eigenvalue weighted by Gasteiger charge is 2.53. The summed E-state index contributed by atoms with van der Waals surface area (Å²) in [5, 5.41) is 15.3. The van der Waals surface area contributed by atoms with Crippen molar-refractivity contribution >= 4 is 33.9 Å². The van der Waals surface area contributed by atoms with E-state index in [1.807, 2.05) is 18.2 Å². The molecule has 38 heavy (non-hydrogen) atoms. The molecule has 1 unspecified atom stereocenters. The Balaban J connectivity index is 1.37. The third kappa shape index (κ3) is 5.33. The zero-order valence-electron chi connectivity index (χ0n) is 20.3. The van der Waals surface area contributed by atoms with Crippen molar-refractivity contribution in [1.82, 2.24) is 10.6 Å². The van der Waals surface area contributed by atoms with Crippen LogP contribution in [0.25, 0.3) is 22.1 Å². The van der Waals surface area contributed by atoms with Gasteiger partial charge in [0.2, 0.25) is 11.8 Å². The number of alkyl halides is 2. The Morgan fingerprint density at radius 1 is 0.974 bits per heavy atom. The van der Waals surface area contributed by atoms with Gasteiger partial charge in [0.05, 0.1) is 11.8 Å². The summed E-state index contributed by atoms with van der Waals surface area (Å²) >= 11 is -1.93. The molecular formula is C27H25F2N3O5S. The second-order valence-electron chi connectivity index (χ2n) is 10.1. The van der Waals surface area contributed by atoms with Gasteiger partial charge in [0.1, 0.15) is 16.7 Å². The van der Waals surface area contributed by atoms with Crippen molar-refractivity contribution < 1.29 is 31.5 Å². The maximum atomic E-state index is 13.9. The molecule has 0 aliphatic heterocycles. The molecule has 5 rings (SSSR count). The number of carbonyl (C=O) groups is 2. The Labute approximate surface area is 219 Å². The summed E-state index contributed by atoms with van der Waals surface area (Å²) in [5.74, 6) is -4.29. The third-order valence-electron chi connectivity index (χ3n) is 7.26. The van der Waals surface area contributed by atoms with Gasteiger partial charge in [0, 0.05) is 18.2 Å². The third-order valence-corrected chi connectivity index (χ3v) is 7.84. The van der Waals surface area contributed by atoms with E-state index in [1.165, 1.54) is 6.07 Å². The van der Waals surface area contributed by atoms with Crippen LogP contribution in [0.3, 0.4) is 0 Å². The van der Waals surface area contributed by atoms with E-state index < -0.39 is 52.7 Å². The molecule has 2 aromatic carbocycles. The normalized spacial score (nSPS) is 19.7. The number of amides is 2. The number of hydrogen-bond acceptors (Lipinski definition) is 5. The average molecular weight is 542 g/mol. The molecule has 0 spiro atoms. The molecule has 198 valence electrons. The van der Waals surface area contributed by atoms with Crippen LogP contribution in [0.5, 0.6) is 0 Å². The minimum Gasteiger partial charge on any atom is -0.451 e. The van der Waals surface area contributed by atoms with E-state index in [9.17, 15) is 27.8 Å². The predicted molar refractivity (Wildman–Crippen MR) is 135 cm³/mol. The van der Waals surface area contributed by atoms with E-state index >= 15 is 0 Å². The van der Waals surface area contributed by atoms with Gasteiger partial charge in [0.15, 0.2) is 16.8 Å². The fraction of sp³-hybridized carbons (Fsp3) is 0.370. The molecule has 0 bridgehead atoms. The van der Waals surface area contributed by atoms with Crippen LogP contribution in [0.15, 0.2) is 52.9 Å². The van der Waals surface area contributed by atoms with Crippen LogP contribution < -0.4 is 10.6 Å². The first-order valence-corrected chi connectivity index (χ1v) is 13.4. The Morgan fingerprint density at radius 3 is 2.24 bits per heavy atom. The molecule has 1 atom stereocenters. The van der Waals surface area contributed by atoms with Crippen molar-refractivity contribution in [3.05, 3.63) is 59.9 Å². The topological polar surface area (TPSA) is 132 Å². The van der Waals surface area contributed by atoms with Gasteiger partial charge >= 0.3 is 0 Å². The fourth-order valence-corrected chi connectivity index (χ4v) is 5.19. The molecule has 0 saturated heterocycles. The summed E-state index contributed by atoms with van der Waals surface area (Å²) in [6, 6.07) is 16.1. The summed E-state index contributed by atoms with van der Waals surface area (Å²) in [6.45, 7) is 0. The highest BCUT2D eigenvalue weighted by atomic mass is 32.2. The second kappa shape index (κ2) is 9.60. The van der Waals surface area contributed by atoms with E-state index in [4.69, 9.17) is 8.97 Å². The Hall–Kier alpha value is -3.62. The van der Waals surface area contributed by atoms with Gasteiger partial charge in [-0.15, -0.1) is 0 Å². The van der Waals surface area contributed by atoms with Crippen LogP contribution in [0.2, 0.25) is 0 Å². The molecule has 2 aliphatic rings. The van der Waals surface area contributed by atoms with Crippen LogP contribution >= 0.6 is 0 Å². The largest absolute Gasteiger partial charge is 0.451 e. The number of halogens is 2. The van der Waals surface area contributed by atoms with Crippen LogP contribution in [0.4, 0.5) is 8.78 Å². The van der Waals surface area contributed by atoms with Gasteiger partial charge in [-0.05, 0) is 54.5 Å². The zero-order chi connectivity index (χ0) is 27.1. The molecule has 1 aromatic heterocycles. The lowest BCUT2D eigenvalue weighted by Crippen LogP contribution is -2.62. The van der Waals surface area contributed by atoms with Gasteiger partial charge < -0.3 is 19.6 Å². The van der Waals surface area contributed by atoms with E-state index in [0.717, 1.165) is 11.1 Å². The number of hydrogen-bond donors (Lipinski definition) is 3. The van der Waals surface area contributed by atoms with E-state index in [-0.39, 0.29) is 24.4 Å². The van der Waals surface area contributed by atoms with Crippen molar-refractivity contribution in [2.45, 2.75) is 61.3 Å². The van der Waals surface area contributed by atoms with E-state index in [2.05, 4.69) is 16.7 Å². The van der Waals surface area contributed by atoms with Crippen molar-refractivity contribution in [2.24, 2.45) is 0 Å². The van der Waals surface area contributed by atoms with Gasteiger partial charge in [-0.25, -0.2) is 13.0 Å². The Morgan fingerprint density at radius 2 is 1.63 bits per heavy atom. The highest BCUT2D eigenvalue weighted by molar-refractivity contribution is 7.78. The van der Waals surface area contributed by atoms with Gasteiger partial charge in [0.25, 0.3) is 5.91 Å². The lowest BCUT2D eigenvalue weighted by Gasteiger charge is -2.39. The smallest absolute Gasteiger partial charge is 0.287 e. The minimum absolute atomic E-state index is 0.0324. The average Bonchev–Trinajstić information content (AvgIpc) is 3.52. The standard InChI is InChI=1S/C27H25F2N3O5S/c28-27(29)11-9-26(10-12-27,24(34)32-25(16-30)7-8-25)31-23(33)22-14-20-6-5-19(13-21(20)37-22)18-3-1-17(2-4-18)15-38(35)36/h1-6,13-14H,7-12,15H2,(H,31,33)(H,32,34)(H,35,36). The number of nitriles is 1. The molecule has 2 fully saturated rings. The molecule has 0 radical (unpaired) electrons. The monoisotopic (exact) mass is 541 g/mol. The lowest BCUT2D eigenvalue weighted by atomic mass is 9.78. The molecule has 3 aromatic rings. The zero-order valence-corrected chi connectivity index (χ0v) is 21.1. The highest BCUT2D eigenvalue weighted by Crippen LogP contribution is 2.41. The van der Waals surface area contributed by atoms with E-state index in [1.54, 1.807) is 24.3 Å². The predicted octanol–water partition coefficient (Wildman–Crippen LogP) is 4.67. The van der Waals surface area contributed by atoms with Gasteiger partial charge in [-0.3, -0.25) is 9.59 Å². The summed E-state index contributed by atoms with van der Waals surface area (Å²) in [7, 11) is 0. The molecular weight excluding hydrogens is 516 g/mol. The first kappa shape index (κ1) is 26.0. The van der Waals surface area contributed by atoms with Crippen molar-refractivity contribution in [3.63, 3.8) is 0 Å². The molecule has 2 saturated carbocycles. The van der Waals surface area contributed by atoms with Crippen LogP contribution in [0, 0.1) is 11.3 Å². The van der Waals surface area contributed by atoms with Gasteiger partial charge in [-0.1, -0.05) is 36.4 Å². The van der Waals surface area contributed by atoms with Crippen LogP contribution in [-0.2, 0) is 21.6 Å². The number of carbonyl (C=O) groups excluding carboxylic acids is 2. The number of furan rings is 1. The number of nitrogens with one attached hydrogen (secondary N) is 2. The molecule has 1 heterocycles. The SMILES string of the molecule is N#CC1(NC(=O)C2(NC(=O)c3cc4ccc(-c5ccc(CS(=O)O)cc5)cc4o3)CCC(F)(F)CC2)CC1. The summed E-state index contributed by atoms with van der Waals surface area (Å²) < 4.78 is 53.7. The number of fused-ring (bicyclic) bond motifs is 1. The van der Waals surface area contributed by atoms with Crippen molar-refractivity contribution in [3.8, 4) is 17.2 Å². The number of benzene rings is 2. The fourth-order valence-electron chi connectivity index (χ4n) is 4.72. The Kier molecular flexibility index (Phi) is 6.57.